The van der Waals surface area contributed by atoms with Crippen LogP contribution in [0.5, 0.6) is 0 Å². The molecule has 1 aromatic rings. The van der Waals surface area contributed by atoms with E-state index >= 15 is 0 Å². The minimum atomic E-state index is -0.146. The lowest BCUT2D eigenvalue weighted by molar-refractivity contribution is -0.130. The van der Waals surface area contributed by atoms with Crippen molar-refractivity contribution in [3.8, 4) is 0 Å². The van der Waals surface area contributed by atoms with Crippen molar-refractivity contribution in [3.63, 3.8) is 0 Å². The number of benzene rings is 1. The fourth-order valence-corrected chi connectivity index (χ4v) is 4.66. The molecule has 7 nitrogen and oxygen atoms in total. The van der Waals surface area contributed by atoms with Gasteiger partial charge < -0.3 is 20.4 Å². The Morgan fingerprint density at radius 1 is 1.00 bits per heavy atom. The third kappa shape index (κ3) is 6.39. The summed E-state index contributed by atoms with van der Waals surface area (Å²) < 4.78 is 0. The molecule has 0 radical (unpaired) electrons. The Balaban J connectivity index is 1.44. The lowest BCUT2D eigenvalue weighted by atomic mass is 9.96. The lowest BCUT2D eigenvalue weighted by Crippen LogP contribution is -2.45. The second kappa shape index (κ2) is 10.7. The first kappa shape index (κ1) is 22.5. The molecule has 0 saturated carbocycles. The van der Waals surface area contributed by atoms with Gasteiger partial charge >= 0.3 is 6.03 Å². The minimum Gasteiger partial charge on any atom is -0.354 e. The van der Waals surface area contributed by atoms with E-state index in [-0.39, 0.29) is 29.8 Å². The molecule has 1 aromatic carbocycles. The van der Waals surface area contributed by atoms with Crippen LogP contribution in [0.1, 0.15) is 32.3 Å². The summed E-state index contributed by atoms with van der Waals surface area (Å²) in [6.45, 7) is 6.70. The molecular weight excluding hydrogens is 400 g/mol. The first-order chi connectivity index (χ1) is 14.4. The smallest absolute Gasteiger partial charge is 0.321 e. The summed E-state index contributed by atoms with van der Waals surface area (Å²) in [4.78, 5) is 40.7. The highest BCUT2D eigenvalue weighted by molar-refractivity contribution is 7.99. The van der Waals surface area contributed by atoms with Gasteiger partial charge in [-0.2, -0.15) is 11.8 Å². The molecule has 2 aliphatic heterocycles. The highest BCUT2D eigenvalue weighted by atomic mass is 32.2. The van der Waals surface area contributed by atoms with Gasteiger partial charge in [0.15, 0.2) is 0 Å². The highest BCUT2D eigenvalue weighted by Crippen LogP contribution is 2.19. The summed E-state index contributed by atoms with van der Waals surface area (Å²) in [7, 11) is 0. The van der Waals surface area contributed by atoms with Gasteiger partial charge in [0.1, 0.15) is 0 Å². The topological polar surface area (TPSA) is 81.8 Å². The van der Waals surface area contributed by atoms with Gasteiger partial charge in [0.25, 0.3) is 0 Å². The van der Waals surface area contributed by atoms with Crippen molar-refractivity contribution in [1.82, 2.24) is 15.1 Å². The SMILES string of the molecule is CC(C)NC(=O)C1CCN(C(=O)Nc2ccc(CC(=O)N3CCSCC3)cc2)CC1. The molecule has 0 bridgehead atoms. The van der Waals surface area contributed by atoms with Crippen LogP contribution in [0.25, 0.3) is 0 Å². The van der Waals surface area contributed by atoms with E-state index in [9.17, 15) is 14.4 Å². The number of carbonyl (C=O) groups excluding carboxylic acids is 3. The van der Waals surface area contributed by atoms with Crippen LogP contribution < -0.4 is 10.6 Å². The highest BCUT2D eigenvalue weighted by Gasteiger charge is 2.27. The maximum Gasteiger partial charge on any atom is 0.321 e. The first-order valence-electron chi connectivity index (χ1n) is 10.7. The molecule has 2 N–H and O–H groups in total. The van der Waals surface area contributed by atoms with E-state index in [1.54, 1.807) is 4.90 Å². The Bertz CT molecular complexity index is 739. The molecule has 4 amide bonds. The van der Waals surface area contributed by atoms with Gasteiger partial charge in [-0.3, -0.25) is 9.59 Å². The summed E-state index contributed by atoms with van der Waals surface area (Å²) in [5.41, 5.74) is 1.67. The third-order valence-corrected chi connectivity index (χ3v) is 6.45. The molecule has 0 aromatic heterocycles. The summed E-state index contributed by atoms with van der Waals surface area (Å²) in [5, 5.41) is 5.87. The van der Waals surface area contributed by atoms with E-state index in [1.165, 1.54) is 0 Å². The van der Waals surface area contributed by atoms with Crippen molar-refractivity contribution in [2.45, 2.75) is 39.2 Å². The summed E-state index contributed by atoms with van der Waals surface area (Å²) in [6, 6.07) is 7.47. The van der Waals surface area contributed by atoms with Crippen molar-refractivity contribution >= 4 is 35.3 Å². The molecule has 2 fully saturated rings. The molecule has 3 rings (SSSR count). The summed E-state index contributed by atoms with van der Waals surface area (Å²) >= 11 is 1.89. The normalized spacial score (nSPS) is 17.7. The van der Waals surface area contributed by atoms with E-state index in [0.29, 0.717) is 38.0 Å². The Labute approximate surface area is 182 Å². The zero-order chi connectivity index (χ0) is 21.5. The van der Waals surface area contributed by atoms with Crippen molar-refractivity contribution in [2.24, 2.45) is 5.92 Å². The van der Waals surface area contributed by atoms with Gasteiger partial charge in [0, 0.05) is 55.3 Å². The predicted molar refractivity (Wildman–Crippen MR) is 121 cm³/mol. The zero-order valence-corrected chi connectivity index (χ0v) is 18.7. The van der Waals surface area contributed by atoms with Gasteiger partial charge in [0.2, 0.25) is 11.8 Å². The average Bonchev–Trinajstić information content (AvgIpc) is 2.75. The van der Waals surface area contributed by atoms with Gasteiger partial charge in [0.05, 0.1) is 6.42 Å². The van der Waals surface area contributed by atoms with Crippen LogP contribution >= 0.6 is 11.8 Å². The Hall–Kier alpha value is -2.22. The summed E-state index contributed by atoms with van der Waals surface area (Å²) in [5.74, 6) is 2.24. The Morgan fingerprint density at radius 2 is 1.63 bits per heavy atom. The van der Waals surface area contributed by atoms with E-state index in [4.69, 9.17) is 0 Å². The number of rotatable bonds is 5. The number of anilines is 1. The molecule has 0 unspecified atom stereocenters. The number of hydrogen-bond acceptors (Lipinski definition) is 4. The van der Waals surface area contributed by atoms with Gasteiger partial charge in [-0.25, -0.2) is 4.79 Å². The van der Waals surface area contributed by atoms with Crippen LogP contribution in [0, 0.1) is 5.92 Å². The molecule has 2 saturated heterocycles. The number of likely N-dealkylation sites (tertiary alicyclic amines) is 1. The fourth-order valence-electron chi connectivity index (χ4n) is 3.75. The number of nitrogens with one attached hydrogen (secondary N) is 2. The van der Waals surface area contributed by atoms with Gasteiger partial charge in [-0.05, 0) is 44.4 Å². The molecule has 164 valence electrons. The minimum absolute atomic E-state index is 0.0215. The molecular formula is C22H32N4O3S. The lowest BCUT2D eigenvalue weighted by Gasteiger charge is -2.31. The molecule has 2 heterocycles. The van der Waals surface area contributed by atoms with Crippen molar-refractivity contribution in [1.29, 1.82) is 0 Å². The van der Waals surface area contributed by atoms with Crippen molar-refractivity contribution < 1.29 is 14.4 Å². The Kier molecular flexibility index (Phi) is 8.01. The number of piperidine rings is 1. The van der Waals surface area contributed by atoms with Crippen LogP contribution in [-0.2, 0) is 16.0 Å². The fraction of sp³-hybridized carbons (Fsp3) is 0.591. The number of carbonyl (C=O) groups is 3. The number of amides is 4. The molecule has 0 atom stereocenters. The van der Waals surface area contributed by atoms with Gasteiger partial charge in [-0.15, -0.1) is 0 Å². The van der Waals surface area contributed by atoms with Crippen molar-refractivity contribution in [3.05, 3.63) is 29.8 Å². The van der Waals surface area contributed by atoms with Crippen LogP contribution in [-0.4, -0.2) is 71.4 Å². The molecule has 0 aliphatic carbocycles. The van der Waals surface area contributed by atoms with E-state index in [0.717, 1.165) is 30.2 Å². The molecule has 8 heteroatoms. The Morgan fingerprint density at radius 3 is 2.23 bits per heavy atom. The van der Waals surface area contributed by atoms with Crippen LogP contribution in [0.15, 0.2) is 24.3 Å². The monoisotopic (exact) mass is 432 g/mol. The summed E-state index contributed by atoms with van der Waals surface area (Å²) in [6.07, 6.45) is 1.76. The maximum atomic E-state index is 12.5. The standard InChI is InChI=1S/C22H32N4O3S/c1-16(2)23-21(28)18-7-9-26(10-8-18)22(29)24-19-5-3-17(4-6-19)15-20(27)25-11-13-30-14-12-25/h3-6,16,18H,7-15H2,1-2H3,(H,23,28)(H,24,29). The van der Waals surface area contributed by atoms with Crippen LogP contribution in [0.3, 0.4) is 0 Å². The molecule has 0 spiro atoms. The third-order valence-electron chi connectivity index (χ3n) is 5.51. The quantitative estimate of drug-likeness (QED) is 0.749. The number of hydrogen-bond donors (Lipinski definition) is 2. The average molecular weight is 433 g/mol. The molecule has 2 aliphatic rings. The zero-order valence-electron chi connectivity index (χ0n) is 17.9. The van der Waals surface area contributed by atoms with E-state index in [2.05, 4.69) is 10.6 Å². The number of nitrogens with zero attached hydrogens (tertiary/aromatic N) is 2. The van der Waals surface area contributed by atoms with E-state index < -0.39 is 0 Å². The van der Waals surface area contributed by atoms with Crippen LogP contribution in [0.2, 0.25) is 0 Å². The predicted octanol–water partition coefficient (Wildman–Crippen LogP) is 2.57. The maximum absolute atomic E-state index is 12.5. The number of thioether (sulfide) groups is 1. The number of urea groups is 1. The first-order valence-corrected chi connectivity index (χ1v) is 11.9. The van der Waals surface area contributed by atoms with Gasteiger partial charge in [-0.1, -0.05) is 12.1 Å². The van der Waals surface area contributed by atoms with Crippen molar-refractivity contribution in [2.75, 3.05) is 43.0 Å². The van der Waals surface area contributed by atoms with Crippen LogP contribution in [0.4, 0.5) is 10.5 Å². The second-order valence-electron chi connectivity index (χ2n) is 8.22. The second-order valence-corrected chi connectivity index (χ2v) is 9.45. The largest absolute Gasteiger partial charge is 0.354 e. The molecule has 30 heavy (non-hydrogen) atoms. The van der Waals surface area contributed by atoms with E-state index in [1.807, 2.05) is 54.8 Å².